The molecule has 1 amide bonds. The van der Waals surface area contributed by atoms with E-state index in [2.05, 4.69) is 5.32 Å². The largest absolute Gasteiger partial charge is 0.343 e. The van der Waals surface area contributed by atoms with E-state index in [1.165, 1.54) is 12.1 Å². The Morgan fingerprint density at radius 2 is 2.12 bits per heavy atom. The van der Waals surface area contributed by atoms with Crippen molar-refractivity contribution in [2.45, 2.75) is 19.3 Å². The zero-order chi connectivity index (χ0) is 13.1. The van der Waals surface area contributed by atoms with Crippen LogP contribution in [0.5, 0.6) is 0 Å². The Hall–Kier alpha value is -1.96. The fraction of sp³-hybridized carbons (Fsp3) is 0.333. The average molecular weight is 238 g/mol. The molecule has 1 aromatic carbocycles. The topological polar surface area (TPSA) is 52.9 Å². The highest BCUT2D eigenvalue weighted by atomic mass is 19.1. The molecule has 0 saturated heterocycles. The van der Waals surface area contributed by atoms with Crippen LogP contribution in [0.4, 0.5) is 8.78 Å². The zero-order valence-corrected chi connectivity index (χ0v) is 9.55. The third-order valence-corrected chi connectivity index (χ3v) is 2.45. The van der Waals surface area contributed by atoms with Gasteiger partial charge in [0.15, 0.2) is 6.07 Å². The standard InChI is InChI=1S/C12H12F2N2O/c1-12(2,7-16-11(17)6-15)9-4-3-8(13)5-10(9)14/h3-5H,7H2,1-2H3,(H,16,17). The summed E-state index contributed by atoms with van der Waals surface area (Å²) in [6.07, 6.45) is 0. The summed E-state index contributed by atoms with van der Waals surface area (Å²) in [5.74, 6) is -2.09. The highest BCUT2D eigenvalue weighted by Crippen LogP contribution is 2.25. The predicted octanol–water partition coefficient (Wildman–Crippen LogP) is 1.88. The Kier molecular flexibility index (Phi) is 3.79. The highest BCUT2D eigenvalue weighted by molar-refractivity contribution is 5.91. The van der Waals surface area contributed by atoms with Crippen LogP contribution in [-0.2, 0) is 10.2 Å². The maximum absolute atomic E-state index is 13.5. The fourth-order valence-electron chi connectivity index (χ4n) is 1.47. The molecule has 0 radical (unpaired) electrons. The quantitative estimate of drug-likeness (QED) is 0.817. The molecule has 3 nitrogen and oxygen atoms in total. The lowest BCUT2D eigenvalue weighted by molar-refractivity contribution is -0.116. The summed E-state index contributed by atoms with van der Waals surface area (Å²) in [7, 11) is 0. The summed E-state index contributed by atoms with van der Waals surface area (Å²) in [6.45, 7) is 3.49. The van der Waals surface area contributed by atoms with Gasteiger partial charge in [0.25, 0.3) is 0 Å². The van der Waals surface area contributed by atoms with Crippen LogP contribution in [-0.4, -0.2) is 12.5 Å². The van der Waals surface area contributed by atoms with Crippen molar-refractivity contribution in [3.05, 3.63) is 35.4 Å². The number of benzene rings is 1. The summed E-state index contributed by atoms with van der Waals surface area (Å²) < 4.78 is 26.3. The van der Waals surface area contributed by atoms with E-state index in [1.54, 1.807) is 13.8 Å². The smallest absolute Gasteiger partial charge is 0.322 e. The number of halogens is 2. The van der Waals surface area contributed by atoms with Crippen molar-refractivity contribution in [2.75, 3.05) is 6.54 Å². The molecule has 0 fully saturated rings. The van der Waals surface area contributed by atoms with Gasteiger partial charge in [-0.05, 0) is 11.6 Å². The zero-order valence-electron chi connectivity index (χ0n) is 9.55. The molecule has 0 aromatic heterocycles. The lowest BCUT2D eigenvalue weighted by Crippen LogP contribution is -2.36. The van der Waals surface area contributed by atoms with Crippen molar-refractivity contribution < 1.29 is 13.6 Å². The Bertz CT molecular complexity index is 478. The third-order valence-electron chi connectivity index (χ3n) is 2.45. The number of carbonyl (C=O) groups is 1. The van der Waals surface area contributed by atoms with E-state index in [0.717, 1.165) is 12.1 Å². The number of hydrogen-bond donors (Lipinski definition) is 1. The van der Waals surface area contributed by atoms with Crippen molar-refractivity contribution in [3.63, 3.8) is 0 Å². The molecular formula is C12H12F2N2O. The maximum Gasteiger partial charge on any atom is 0.322 e. The number of nitrogens with one attached hydrogen (secondary N) is 1. The summed E-state index contributed by atoms with van der Waals surface area (Å²) in [4.78, 5) is 10.8. The van der Waals surface area contributed by atoms with Crippen LogP contribution in [0.3, 0.4) is 0 Å². The molecule has 17 heavy (non-hydrogen) atoms. The lowest BCUT2D eigenvalue weighted by atomic mass is 9.84. The van der Waals surface area contributed by atoms with E-state index in [4.69, 9.17) is 5.26 Å². The van der Waals surface area contributed by atoms with Gasteiger partial charge in [0.1, 0.15) is 11.6 Å². The van der Waals surface area contributed by atoms with E-state index < -0.39 is 23.0 Å². The van der Waals surface area contributed by atoms with E-state index in [1.807, 2.05) is 0 Å². The van der Waals surface area contributed by atoms with Gasteiger partial charge in [0, 0.05) is 18.0 Å². The molecule has 1 rings (SSSR count). The van der Waals surface area contributed by atoms with Crippen molar-refractivity contribution >= 4 is 5.91 Å². The summed E-state index contributed by atoms with van der Waals surface area (Å²) in [6, 6.07) is 4.70. The molecule has 0 heterocycles. The molecule has 0 atom stereocenters. The molecule has 0 aliphatic rings. The molecular weight excluding hydrogens is 226 g/mol. The monoisotopic (exact) mass is 238 g/mol. The molecule has 1 N–H and O–H groups in total. The molecule has 5 heteroatoms. The van der Waals surface area contributed by atoms with Crippen molar-refractivity contribution in [1.29, 1.82) is 5.26 Å². The van der Waals surface area contributed by atoms with Gasteiger partial charge in [0.2, 0.25) is 0 Å². The molecule has 0 bridgehead atoms. The molecule has 0 aliphatic heterocycles. The van der Waals surface area contributed by atoms with Crippen molar-refractivity contribution in [3.8, 4) is 6.07 Å². The second-order valence-electron chi connectivity index (χ2n) is 4.30. The Labute approximate surface area is 98.1 Å². The first-order valence-corrected chi connectivity index (χ1v) is 5.00. The number of rotatable bonds is 3. The van der Waals surface area contributed by atoms with Crippen LogP contribution in [0.25, 0.3) is 0 Å². The van der Waals surface area contributed by atoms with E-state index >= 15 is 0 Å². The molecule has 0 unspecified atom stereocenters. The molecule has 0 saturated carbocycles. The SMILES string of the molecule is CC(C)(CNC(=O)C#N)c1ccc(F)cc1F. The second-order valence-corrected chi connectivity index (χ2v) is 4.30. The minimum Gasteiger partial charge on any atom is -0.343 e. The predicted molar refractivity (Wildman–Crippen MR) is 58.0 cm³/mol. The Morgan fingerprint density at radius 3 is 2.65 bits per heavy atom. The van der Waals surface area contributed by atoms with Crippen LogP contribution in [0.2, 0.25) is 0 Å². The van der Waals surface area contributed by atoms with E-state index in [0.29, 0.717) is 0 Å². The number of carbonyl (C=O) groups excluding carboxylic acids is 1. The highest BCUT2D eigenvalue weighted by Gasteiger charge is 2.25. The van der Waals surface area contributed by atoms with Gasteiger partial charge >= 0.3 is 5.91 Å². The normalized spacial score (nSPS) is 10.8. The first kappa shape index (κ1) is 13.1. The molecule has 90 valence electrons. The maximum atomic E-state index is 13.5. The minimum absolute atomic E-state index is 0.0992. The number of nitriles is 1. The lowest BCUT2D eigenvalue weighted by Gasteiger charge is -2.25. The van der Waals surface area contributed by atoms with Gasteiger partial charge in [-0.25, -0.2) is 8.78 Å². The molecule has 1 aromatic rings. The minimum atomic E-state index is -0.777. The second kappa shape index (κ2) is 4.91. The van der Waals surface area contributed by atoms with Crippen LogP contribution >= 0.6 is 0 Å². The van der Waals surface area contributed by atoms with Gasteiger partial charge in [0.05, 0.1) is 0 Å². The molecule has 0 spiro atoms. The average Bonchev–Trinajstić information content (AvgIpc) is 2.25. The number of amides is 1. The van der Waals surface area contributed by atoms with Crippen molar-refractivity contribution in [1.82, 2.24) is 5.32 Å². The first-order chi connectivity index (χ1) is 7.86. The van der Waals surface area contributed by atoms with Crippen LogP contribution < -0.4 is 5.32 Å². The first-order valence-electron chi connectivity index (χ1n) is 5.00. The summed E-state index contributed by atoms with van der Waals surface area (Å²) in [5, 5.41) is 10.7. The van der Waals surface area contributed by atoms with Gasteiger partial charge in [-0.3, -0.25) is 4.79 Å². The van der Waals surface area contributed by atoms with E-state index in [9.17, 15) is 13.6 Å². The summed E-state index contributed by atoms with van der Waals surface area (Å²) in [5.41, 5.74) is -0.429. The number of nitrogens with zero attached hydrogens (tertiary/aromatic N) is 1. The van der Waals surface area contributed by atoms with Gasteiger partial charge < -0.3 is 5.32 Å². The summed E-state index contributed by atoms with van der Waals surface area (Å²) >= 11 is 0. The van der Waals surface area contributed by atoms with Crippen LogP contribution in [0.1, 0.15) is 19.4 Å². The van der Waals surface area contributed by atoms with Gasteiger partial charge in [-0.15, -0.1) is 0 Å². The number of hydrogen-bond acceptors (Lipinski definition) is 2. The molecule has 0 aliphatic carbocycles. The van der Waals surface area contributed by atoms with Crippen LogP contribution in [0, 0.1) is 23.0 Å². The van der Waals surface area contributed by atoms with E-state index in [-0.39, 0.29) is 12.1 Å². The Balaban J connectivity index is 2.89. The van der Waals surface area contributed by atoms with Crippen molar-refractivity contribution in [2.24, 2.45) is 0 Å². The fourth-order valence-corrected chi connectivity index (χ4v) is 1.47. The third kappa shape index (κ3) is 3.25. The van der Waals surface area contributed by atoms with Gasteiger partial charge in [-0.1, -0.05) is 19.9 Å². The van der Waals surface area contributed by atoms with Gasteiger partial charge in [-0.2, -0.15) is 5.26 Å². The Morgan fingerprint density at radius 1 is 1.47 bits per heavy atom. The van der Waals surface area contributed by atoms with Crippen LogP contribution in [0.15, 0.2) is 18.2 Å².